The smallest absolute Gasteiger partial charge is 0.264 e. The lowest BCUT2D eigenvalue weighted by Crippen LogP contribution is -2.33. The molecule has 0 spiro atoms. The molecule has 3 aromatic rings. The van der Waals surface area contributed by atoms with Crippen molar-refractivity contribution in [3.8, 4) is 0 Å². The molecule has 1 N–H and O–H groups in total. The highest BCUT2D eigenvalue weighted by molar-refractivity contribution is 7.99. The van der Waals surface area contributed by atoms with Crippen LogP contribution >= 0.6 is 23.4 Å². The van der Waals surface area contributed by atoms with Crippen LogP contribution in [0.5, 0.6) is 0 Å². The molecule has 0 saturated carbocycles. The second kappa shape index (κ2) is 8.96. The predicted molar refractivity (Wildman–Crippen MR) is 106 cm³/mol. The molecule has 2 aromatic heterocycles. The highest BCUT2D eigenvalue weighted by Gasteiger charge is 2.10. The summed E-state index contributed by atoms with van der Waals surface area (Å²) in [6.07, 6.45) is 3.49. The van der Waals surface area contributed by atoms with E-state index in [1.165, 1.54) is 28.9 Å². The van der Waals surface area contributed by atoms with E-state index < -0.39 is 0 Å². The number of nitrogens with one attached hydrogen (secondary N) is 1. The standard InChI is InChI=1S/C18H18ClN5O2S/c1-2-27-18-21-9-14-16(23-18)22-11-24(17(14)26)10-15(25)20-8-7-12-3-5-13(19)6-4-12/h3-6,9,11H,2,7-8,10H2,1H3,(H,20,25). The number of carbonyl (C=O) groups is 1. The van der Waals surface area contributed by atoms with Gasteiger partial charge in [-0.25, -0.2) is 15.0 Å². The lowest BCUT2D eigenvalue weighted by molar-refractivity contribution is -0.121. The third kappa shape index (κ3) is 5.05. The van der Waals surface area contributed by atoms with E-state index >= 15 is 0 Å². The third-order valence-corrected chi connectivity index (χ3v) is 4.79. The molecule has 0 fully saturated rings. The molecule has 3 rings (SSSR count). The molecule has 9 heteroatoms. The summed E-state index contributed by atoms with van der Waals surface area (Å²) in [7, 11) is 0. The Balaban J connectivity index is 1.62. The maximum absolute atomic E-state index is 12.5. The predicted octanol–water partition coefficient (Wildman–Crippen LogP) is 2.31. The highest BCUT2D eigenvalue weighted by atomic mass is 35.5. The normalized spacial score (nSPS) is 10.9. The van der Waals surface area contributed by atoms with Gasteiger partial charge in [0.05, 0.1) is 0 Å². The van der Waals surface area contributed by atoms with Gasteiger partial charge in [0.15, 0.2) is 10.8 Å². The molecule has 0 bridgehead atoms. The van der Waals surface area contributed by atoms with Gasteiger partial charge in [0, 0.05) is 17.8 Å². The first-order valence-electron chi connectivity index (χ1n) is 8.43. The zero-order valence-electron chi connectivity index (χ0n) is 14.7. The van der Waals surface area contributed by atoms with Gasteiger partial charge in [0.1, 0.15) is 18.3 Å². The topological polar surface area (TPSA) is 89.8 Å². The average Bonchev–Trinajstić information content (AvgIpc) is 2.66. The Morgan fingerprint density at radius 3 is 2.78 bits per heavy atom. The summed E-state index contributed by atoms with van der Waals surface area (Å²) >= 11 is 7.33. The maximum atomic E-state index is 12.5. The molecule has 2 heterocycles. The summed E-state index contributed by atoms with van der Waals surface area (Å²) in [6.45, 7) is 2.36. The van der Waals surface area contributed by atoms with Crippen LogP contribution in [0.2, 0.25) is 5.02 Å². The van der Waals surface area contributed by atoms with Crippen LogP contribution in [-0.2, 0) is 17.8 Å². The van der Waals surface area contributed by atoms with Crippen LogP contribution in [-0.4, -0.2) is 37.7 Å². The zero-order valence-corrected chi connectivity index (χ0v) is 16.3. The van der Waals surface area contributed by atoms with Gasteiger partial charge < -0.3 is 5.32 Å². The molecule has 0 aliphatic heterocycles. The zero-order chi connectivity index (χ0) is 19.2. The first-order chi connectivity index (χ1) is 13.1. The summed E-state index contributed by atoms with van der Waals surface area (Å²) in [5.41, 5.74) is 1.08. The minimum absolute atomic E-state index is 0.103. The van der Waals surface area contributed by atoms with E-state index in [-0.39, 0.29) is 18.0 Å². The molecule has 0 atom stereocenters. The number of hydrogen-bond acceptors (Lipinski definition) is 6. The van der Waals surface area contributed by atoms with Crippen LogP contribution in [0.25, 0.3) is 11.0 Å². The summed E-state index contributed by atoms with van der Waals surface area (Å²) in [5.74, 6) is 0.574. The molecule has 0 saturated heterocycles. The van der Waals surface area contributed by atoms with Gasteiger partial charge in [-0.15, -0.1) is 0 Å². The Bertz CT molecular complexity index is 1010. The van der Waals surface area contributed by atoms with Gasteiger partial charge in [-0.1, -0.05) is 42.4 Å². The van der Waals surface area contributed by atoms with E-state index in [0.717, 1.165) is 11.3 Å². The van der Waals surface area contributed by atoms with E-state index in [4.69, 9.17) is 11.6 Å². The van der Waals surface area contributed by atoms with Crippen molar-refractivity contribution in [2.75, 3.05) is 12.3 Å². The second-order valence-corrected chi connectivity index (χ2v) is 7.39. The molecule has 0 radical (unpaired) electrons. The van der Waals surface area contributed by atoms with Crippen molar-refractivity contribution in [1.82, 2.24) is 24.8 Å². The number of amides is 1. The molecule has 0 aliphatic rings. The lowest BCUT2D eigenvalue weighted by atomic mass is 10.1. The van der Waals surface area contributed by atoms with Crippen LogP contribution < -0.4 is 10.9 Å². The van der Waals surface area contributed by atoms with Crippen LogP contribution in [0, 0.1) is 0 Å². The van der Waals surface area contributed by atoms with Crippen molar-refractivity contribution < 1.29 is 4.79 Å². The van der Waals surface area contributed by atoms with E-state index in [9.17, 15) is 9.59 Å². The van der Waals surface area contributed by atoms with Crippen LogP contribution in [0.1, 0.15) is 12.5 Å². The average molecular weight is 404 g/mol. The summed E-state index contributed by atoms with van der Waals surface area (Å²) in [4.78, 5) is 37.2. The molecule has 0 unspecified atom stereocenters. The van der Waals surface area contributed by atoms with E-state index in [2.05, 4.69) is 20.3 Å². The number of thioether (sulfide) groups is 1. The van der Waals surface area contributed by atoms with Crippen LogP contribution in [0.3, 0.4) is 0 Å². The van der Waals surface area contributed by atoms with Gasteiger partial charge in [0.2, 0.25) is 5.91 Å². The van der Waals surface area contributed by atoms with Gasteiger partial charge >= 0.3 is 0 Å². The molecule has 0 aliphatic carbocycles. The first kappa shape index (κ1) is 19.3. The lowest BCUT2D eigenvalue weighted by Gasteiger charge is -2.08. The molecule has 140 valence electrons. The van der Waals surface area contributed by atoms with E-state index in [1.807, 2.05) is 31.2 Å². The summed E-state index contributed by atoms with van der Waals surface area (Å²) < 4.78 is 1.26. The van der Waals surface area contributed by atoms with Gasteiger partial charge in [0.25, 0.3) is 5.56 Å². The van der Waals surface area contributed by atoms with Crippen molar-refractivity contribution in [3.63, 3.8) is 0 Å². The molecular formula is C18H18ClN5O2S. The molecule has 27 heavy (non-hydrogen) atoms. The highest BCUT2D eigenvalue weighted by Crippen LogP contribution is 2.13. The largest absolute Gasteiger partial charge is 0.354 e. The van der Waals surface area contributed by atoms with Crippen molar-refractivity contribution in [2.45, 2.75) is 25.0 Å². The molecule has 1 aromatic carbocycles. The fourth-order valence-corrected chi connectivity index (χ4v) is 3.12. The number of rotatable bonds is 7. The first-order valence-corrected chi connectivity index (χ1v) is 9.79. The Kier molecular flexibility index (Phi) is 6.41. The van der Waals surface area contributed by atoms with Crippen LogP contribution in [0.4, 0.5) is 0 Å². The Hall–Kier alpha value is -2.45. The van der Waals surface area contributed by atoms with Crippen molar-refractivity contribution in [2.24, 2.45) is 0 Å². The third-order valence-electron chi connectivity index (χ3n) is 3.79. The number of benzene rings is 1. The second-order valence-electron chi connectivity index (χ2n) is 5.73. The fraction of sp³-hybridized carbons (Fsp3) is 0.278. The quantitative estimate of drug-likeness (QED) is 0.481. The summed E-state index contributed by atoms with van der Waals surface area (Å²) in [6, 6.07) is 7.45. The number of halogens is 1. The van der Waals surface area contributed by atoms with E-state index in [1.54, 1.807) is 0 Å². The SMILES string of the molecule is CCSc1ncc2c(=O)n(CC(=O)NCCc3ccc(Cl)cc3)cnc2n1. The van der Waals surface area contributed by atoms with E-state index in [0.29, 0.717) is 34.2 Å². The maximum Gasteiger partial charge on any atom is 0.264 e. The number of nitrogens with zero attached hydrogens (tertiary/aromatic N) is 4. The Morgan fingerprint density at radius 2 is 2.04 bits per heavy atom. The van der Waals surface area contributed by atoms with Crippen LogP contribution in [0.15, 0.2) is 46.7 Å². The van der Waals surface area contributed by atoms with Crippen molar-refractivity contribution in [3.05, 3.63) is 57.7 Å². The molecule has 7 nitrogen and oxygen atoms in total. The number of fused-ring (bicyclic) bond motifs is 1. The minimum atomic E-state index is -0.333. The van der Waals surface area contributed by atoms with Gasteiger partial charge in [-0.3, -0.25) is 14.2 Å². The van der Waals surface area contributed by atoms with Crippen molar-refractivity contribution in [1.29, 1.82) is 0 Å². The number of aromatic nitrogens is 4. The monoisotopic (exact) mass is 403 g/mol. The summed E-state index contributed by atoms with van der Waals surface area (Å²) in [5, 5.41) is 4.35. The molecule has 1 amide bonds. The van der Waals surface area contributed by atoms with Gasteiger partial charge in [-0.05, 0) is 29.9 Å². The Labute approximate surface area is 165 Å². The van der Waals surface area contributed by atoms with Gasteiger partial charge in [-0.2, -0.15) is 0 Å². The minimum Gasteiger partial charge on any atom is -0.354 e. The molecular weight excluding hydrogens is 386 g/mol. The fourth-order valence-electron chi connectivity index (χ4n) is 2.46. The Morgan fingerprint density at radius 1 is 1.26 bits per heavy atom. The number of hydrogen-bond donors (Lipinski definition) is 1. The van der Waals surface area contributed by atoms with Crippen molar-refractivity contribution >= 4 is 40.3 Å². The number of carbonyl (C=O) groups excluding carboxylic acids is 1.